The molecule has 0 bridgehead atoms. The Kier molecular flexibility index (Phi) is 4.95. The Morgan fingerprint density at radius 1 is 0.905 bits per heavy atom. The van der Waals surface area contributed by atoms with Gasteiger partial charge in [0.25, 0.3) is 0 Å². The van der Waals surface area contributed by atoms with Gasteiger partial charge in [-0.15, -0.1) is 0 Å². The number of hydrogen-bond acceptors (Lipinski definition) is 1. The van der Waals surface area contributed by atoms with Gasteiger partial charge >= 0.3 is 0 Å². The van der Waals surface area contributed by atoms with Crippen molar-refractivity contribution in [1.29, 1.82) is 0 Å². The molecule has 0 aliphatic carbocycles. The van der Waals surface area contributed by atoms with E-state index in [-0.39, 0.29) is 5.78 Å². The zero-order valence-electron chi connectivity index (χ0n) is 13.4. The van der Waals surface area contributed by atoms with E-state index in [1.54, 1.807) is 0 Å². The van der Waals surface area contributed by atoms with Crippen molar-refractivity contribution in [2.75, 3.05) is 0 Å². The van der Waals surface area contributed by atoms with Crippen molar-refractivity contribution in [1.82, 2.24) is 0 Å². The van der Waals surface area contributed by atoms with E-state index in [9.17, 15) is 4.79 Å². The Labute approximate surface area is 128 Å². The highest BCUT2D eigenvalue weighted by molar-refractivity contribution is 6.09. The minimum atomic E-state index is 0.107. The van der Waals surface area contributed by atoms with Crippen LogP contribution >= 0.6 is 0 Å². The lowest BCUT2D eigenvalue weighted by molar-refractivity contribution is 0.103. The van der Waals surface area contributed by atoms with Crippen molar-refractivity contribution in [3.8, 4) is 0 Å². The lowest BCUT2D eigenvalue weighted by atomic mass is 9.86. The number of carbonyl (C=O) groups excluding carboxylic acids is 1. The summed E-state index contributed by atoms with van der Waals surface area (Å²) >= 11 is 0. The molecule has 0 fully saturated rings. The Balaban J connectivity index is 2.45. The number of carbonyl (C=O) groups is 1. The molecule has 0 amide bonds. The fourth-order valence-corrected chi connectivity index (χ4v) is 2.64. The van der Waals surface area contributed by atoms with Gasteiger partial charge in [0.15, 0.2) is 5.78 Å². The fourth-order valence-electron chi connectivity index (χ4n) is 2.64. The fraction of sp³-hybridized carbons (Fsp3) is 0.350. The van der Waals surface area contributed by atoms with E-state index >= 15 is 0 Å². The van der Waals surface area contributed by atoms with Crippen LogP contribution in [0.1, 0.15) is 73.0 Å². The maximum Gasteiger partial charge on any atom is 0.193 e. The average Bonchev–Trinajstić information content (AvgIpc) is 2.53. The number of hydrogen-bond donors (Lipinski definition) is 0. The first-order valence-electron chi connectivity index (χ1n) is 7.78. The number of benzene rings is 2. The molecule has 0 N–H and O–H groups in total. The monoisotopic (exact) mass is 280 g/mol. The Morgan fingerprint density at radius 2 is 1.57 bits per heavy atom. The molecular formula is C20H24O. The lowest BCUT2D eigenvalue weighted by Crippen LogP contribution is -2.06. The molecule has 1 unspecified atom stereocenters. The summed E-state index contributed by atoms with van der Waals surface area (Å²) in [5.74, 6) is 1.07. The van der Waals surface area contributed by atoms with Gasteiger partial charge in [-0.25, -0.2) is 0 Å². The molecule has 2 aromatic rings. The van der Waals surface area contributed by atoms with E-state index in [1.165, 1.54) is 11.1 Å². The van der Waals surface area contributed by atoms with E-state index < -0.39 is 0 Å². The molecule has 2 aromatic carbocycles. The summed E-state index contributed by atoms with van der Waals surface area (Å²) in [5.41, 5.74) is 4.22. The molecule has 0 aliphatic heterocycles. The van der Waals surface area contributed by atoms with Crippen LogP contribution < -0.4 is 0 Å². The van der Waals surface area contributed by atoms with Gasteiger partial charge in [0.1, 0.15) is 0 Å². The summed E-state index contributed by atoms with van der Waals surface area (Å²) in [7, 11) is 0. The zero-order valence-corrected chi connectivity index (χ0v) is 13.4. The van der Waals surface area contributed by atoms with Crippen LogP contribution in [-0.2, 0) is 0 Å². The van der Waals surface area contributed by atoms with E-state index in [0.29, 0.717) is 11.8 Å². The molecule has 0 saturated heterocycles. The van der Waals surface area contributed by atoms with Gasteiger partial charge in [-0.3, -0.25) is 4.79 Å². The summed E-state index contributed by atoms with van der Waals surface area (Å²) in [6.45, 7) is 8.85. The van der Waals surface area contributed by atoms with Crippen LogP contribution in [0.2, 0.25) is 0 Å². The van der Waals surface area contributed by atoms with Crippen molar-refractivity contribution < 1.29 is 4.79 Å². The third-order valence-electron chi connectivity index (χ3n) is 4.15. The van der Waals surface area contributed by atoms with E-state index in [2.05, 4.69) is 39.8 Å². The predicted molar refractivity (Wildman–Crippen MR) is 89.1 cm³/mol. The van der Waals surface area contributed by atoms with E-state index in [1.807, 2.05) is 36.4 Å². The molecule has 2 rings (SSSR count). The van der Waals surface area contributed by atoms with Gasteiger partial charge in [-0.1, -0.05) is 70.2 Å². The third kappa shape index (κ3) is 3.41. The van der Waals surface area contributed by atoms with Gasteiger partial charge in [0.05, 0.1) is 0 Å². The van der Waals surface area contributed by atoms with Gasteiger partial charge in [0, 0.05) is 11.1 Å². The van der Waals surface area contributed by atoms with Crippen LogP contribution in [0.25, 0.3) is 0 Å². The minimum absolute atomic E-state index is 0.107. The number of ketones is 1. The van der Waals surface area contributed by atoms with Crippen molar-refractivity contribution in [2.45, 2.75) is 46.0 Å². The van der Waals surface area contributed by atoms with Crippen molar-refractivity contribution in [3.63, 3.8) is 0 Å². The van der Waals surface area contributed by atoms with Gasteiger partial charge in [-0.05, 0) is 35.4 Å². The predicted octanol–water partition coefficient (Wildman–Crippen LogP) is 5.55. The molecular weight excluding hydrogens is 256 g/mol. The average molecular weight is 280 g/mol. The van der Waals surface area contributed by atoms with Gasteiger partial charge in [-0.2, -0.15) is 0 Å². The zero-order chi connectivity index (χ0) is 15.4. The van der Waals surface area contributed by atoms with Crippen LogP contribution in [0.4, 0.5) is 0 Å². The van der Waals surface area contributed by atoms with Crippen LogP contribution in [0.5, 0.6) is 0 Å². The largest absolute Gasteiger partial charge is 0.289 e. The first kappa shape index (κ1) is 15.5. The minimum Gasteiger partial charge on any atom is -0.289 e. The van der Waals surface area contributed by atoms with Crippen molar-refractivity contribution >= 4 is 5.78 Å². The second-order valence-corrected chi connectivity index (χ2v) is 6.00. The third-order valence-corrected chi connectivity index (χ3v) is 4.15. The van der Waals surface area contributed by atoms with Crippen molar-refractivity contribution in [2.24, 2.45) is 0 Å². The summed E-state index contributed by atoms with van der Waals surface area (Å²) < 4.78 is 0. The van der Waals surface area contributed by atoms with Gasteiger partial charge in [0.2, 0.25) is 0 Å². The molecule has 0 aliphatic rings. The summed E-state index contributed by atoms with van der Waals surface area (Å²) in [6, 6.07) is 15.7. The SMILES string of the molecule is CCC(C)c1cc(C(=O)c2ccccc2)ccc1C(C)C. The Morgan fingerprint density at radius 3 is 2.14 bits per heavy atom. The van der Waals surface area contributed by atoms with Crippen LogP contribution in [0, 0.1) is 0 Å². The Bertz CT molecular complexity index is 611. The first-order chi connectivity index (χ1) is 10.0. The summed E-state index contributed by atoms with van der Waals surface area (Å²) in [4.78, 5) is 12.6. The van der Waals surface area contributed by atoms with E-state index in [4.69, 9.17) is 0 Å². The van der Waals surface area contributed by atoms with E-state index in [0.717, 1.165) is 17.5 Å². The Hall–Kier alpha value is -1.89. The molecule has 1 nitrogen and oxygen atoms in total. The topological polar surface area (TPSA) is 17.1 Å². The molecule has 0 aromatic heterocycles. The lowest BCUT2D eigenvalue weighted by Gasteiger charge is -2.19. The highest BCUT2D eigenvalue weighted by Gasteiger charge is 2.16. The van der Waals surface area contributed by atoms with Crippen LogP contribution in [-0.4, -0.2) is 5.78 Å². The highest BCUT2D eigenvalue weighted by Crippen LogP contribution is 2.29. The normalized spacial score (nSPS) is 12.4. The van der Waals surface area contributed by atoms with Crippen molar-refractivity contribution in [3.05, 3.63) is 70.8 Å². The quantitative estimate of drug-likeness (QED) is 0.656. The molecule has 21 heavy (non-hydrogen) atoms. The first-order valence-corrected chi connectivity index (χ1v) is 7.78. The molecule has 0 radical (unpaired) electrons. The van der Waals surface area contributed by atoms with Crippen LogP contribution in [0.15, 0.2) is 48.5 Å². The molecule has 0 spiro atoms. The summed E-state index contributed by atoms with van der Waals surface area (Å²) in [6.07, 6.45) is 1.09. The second-order valence-electron chi connectivity index (χ2n) is 6.00. The molecule has 1 heteroatoms. The molecule has 0 heterocycles. The molecule has 0 saturated carbocycles. The van der Waals surface area contributed by atoms with Gasteiger partial charge < -0.3 is 0 Å². The maximum atomic E-state index is 12.6. The second kappa shape index (κ2) is 6.71. The highest BCUT2D eigenvalue weighted by atomic mass is 16.1. The standard InChI is InChI=1S/C20H24O/c1-5-15(4)19-13-17(11-12-18(19)14(2)3)20(21)16-9-7-6-8-10-16/h6-15H,5H2,1-4H3. The summed E-state index contributed by atoms with van der Waals surface area (Å²) in [5, 5.41) is 0. The maximum absolute atomic E-state index is 12.6. The molecule has 1 atom stereocenters. The number of rotatable bonds is 5. The smallest absolute Gasteiger partial charge is 0.193 e. The molecule has 110 valence electrons. The van der Waals surface area contributed by atoms with Crippen LogP contribution in [0.3, 0.4) is 0 Å².